The van der Waals surface area contributed by atoms with Gasteiger partial charge in [-0.05, 0) is 47.5 Å². The predicted molar refractivity (Wildman–Crippen MR) is 143 cm³/mol. The number of benzene rings is 3. The monoisotopic (exact) mass is 571 g/mol. The topological polar surface area (TPSA) is 180 Å². The molecule has 3 aromatic rings. The highest BCUT2D eigenvalue weighted by Crippen LogP contribution is 2.36. The molecule has 0 saturated carbocycles. The molecular formula is C27H24F3N5O6. The van der Waals surface area contributed by atoms with Gasteiger partial charge >= 0.3 is 18.1 Å². The lowest BCUT2D eigenvalue weighted by atomic mass is 10.00. The molecule has 3 aromatic carbocycles. The molecule has 0 aliphatic carbocycles. The number of aliphatic carboxylic acids is 2. The van der Waals surface area contributed by atoms with Crippen LogP contribution in [0.1, 0.15) is 16.8 Å². The van der Waals surface area contributed by atoms with Crippen molar-refractivity contribution >= 4 is 46.8 Å². The minimum absolute atomic E-state index is 0.0691. The summed E-state index contributed by atoms with van der Waals surface area (Å²) in [4.78, 5) is 53.6. The van der Waals surface area contributed by atoms with Crippen molar-refractivity contribution in [2.75, 3.05) is 18.0 Å². The second kappa shape index (κ2) is 12.6. The van der Waals surface area contributed by atoms with Gasteiger partial charge in [0.15, 0.2) is 5.96 Å². The number of para-hydroxylation sites is 1. The normalized spacial score (nSPS) is 13.0. The zero-order chi connectivity index (χ0) is 30.3. The summed E-state index contributed by atoms with van der Waals surface area (Å²) >= 11 is 0. The van der Waals surface area contributed by atoms with Gasteiger partial charge in [-0.25, -0.2) is 9.79 Å². The number of anilines is 2. The molecule has 0 fully saturated rings. The zero-order valence-electron chi connectivity index (χ0n) is 21.2. The van der Waals surface area contributed by atoms with Crippen molar-refractivity contribution in [3.05, 3.63) is 78.4 Å². The van der Waals surface area contributed by atoms with E-state index in [1.807, 2.05) is 18.2 Å². The average molecular weight is 572 g/mol. The molecule has 41 heavy (non-hydrogen) atoms. The van der Waals surface area contributed by atoms with Crippen molar-refractivity contribution in [1.29, 1.82) is 0 Å². The Kier molecular flexibility index (Phi) is 9.29. The van der Waals surface area contributed by atoms with E-state index in [2.05, 4.69) is 4.99 Å². The van der Waals surface area contributed by atoms with Gasteiger partial charge in [0.2, 0.25) is 0 Å². The molecule has 1 heterocycles. The lowest BCUT2D eigenvalue weighted by molar-refractivity contribution is -0.192. The maximum absolute atomic E-state index is 13.5. The van der Waals surface area contributed by atoms with E-state index in [9.17, 15) is 27.6 Å². The molecule has 0 radical (unpaired) electrons. The lowest BCUT2D eigenvalue weighted by Crippen LogP contribution is -2.38. The van der Waals surface area contributed by atoms with Crippen molar-refractivity contribution in [2.45, 2.75) is 12.6 Å². The number of hydrogen-bond donors (Lipinski definition) is 4. The van der Waals surface area contributed by atoms with Gasteiger partial charge in [-0.2, -0.15) is 13.2 Å². The number of carbonyl (C=O) groups is 4. The molecule has 14 heteroatoms. The van der Waals surface area contributed by atoms with Gasteiger partial charge in [-0.3, -0.25) is 19.3 Å². The summed E-state index contributed by atoms with van der Waals surface area (Å²) < 4.78 is 31.7. The zero-order valence-corrected chi connectivity index (χ0v) is 21.2. The number of aliphatic imine (C=N–C) groups is 1. The number of nitrogens with two attached hydrogens (primary N) is 2. The van der Waals surface area contributed by atoms with Gasteiger partial charge in [0, 0.05) is 12.2 Å². The Morgan fingerprint density at radius 3 is 2.12 bits per heavy atom. The van der Waals surface area contributed by atoms with Crippen LogP contribution in [-0.2, 0) is 14.4 Å². The van der Waals surface area contributed by atoms with Gasteiger partial charge in [0.1, 0.15) is 6.54 Å². The van der Waals surface area contributed by atoms with E-state index in [1.165, 1.54) is 9.80 Å². The predicted octanol–water partition coefficient (Wildman–Crippen LogP) is 3.49. The molecular weight excluding hydrogens is 547 g/mol. The highest BCUT2D eigenvalue weighted by atomic mass is 19.4. The van der Waals surface area contributed by atoms with Crippen LogP contribution in [0.25, 0.3) is 11.1 Å². The number of carboxylic acid groups (broad SMARTS) is 2. The van der Waals surface area contributed by atoms with Crippen LogP contribution in [0.5, 0.6) is 0 Å². The second-order valence-corrected chi connectivity index (χ2v) is 8.56. The smallest absolute Gasteiger partial charge is 0.481 e. The standard InChI is InChI=1S/C25H23N5O4.C2HF3O2/c26-25(27)28-18-6-4-5-16(13-18)17-9-10-21-20(14-17)24(34)29(12-11-23(32)33)15-22(31)30(21)19-7-2-1-3-8-19;3-2(4,5)1(6)7/h1-10,13-14H,11-12,15H2,(H,32,33)(H4,26,27,28);(H,6,7). The van der Waals surface area contributed by atoms with Crippen LogP contribution in [0.2, 0.25) is 0 Å². The van der Waals surface area contributed by atoms with E-state index in [1.54, 1.807) is 54.6 Å². The number of carboxylic acids is 2. The Bertz CT molecular complexity index is 1490. The fourth-order valence-corrected chi connectivity index (χ4v) is 3.87. The van der Waals surface area contributed by atoms with E-state index in [0.29, 0.717) is 22.6 Å². The van der Waals surface area contributed by atoms with Gasteiger partial charge < -0.3 is 26.6 Å². The quantitative estimate of drug-likeness (QED) is 0.256. The number of hydrogen-bond acceptors (Lipinski definition) is 5. The first-order chi connectivity index (χ1) is 19.3. The Labute approximate surface area is 231 Å². The molecule has 6 N–H and O–H groups in total. The Hall–Kier alpha value is -5.40. The first kappa shape index (κ1) is 30.1. The van der Waals surface area contributed by atoms with Crippen LogP contribution >= 0.6 is 0 Å². The molecule has 0 atom stereocenters. The molecule has 1 aliphatic rings. The van der Waals surface area contributed by atoms with Gasteiger partial charge in [0.05, 0.1) is 23.4 Å². The highest BCUT2D eigenvalue weighted by Gasteiger charge is 2.38. The van der Waals surface area contributed by atoms with Crippen LogP contribution in [0, 0.1) is 0 Å². The Morgan fingerprint density at radius 2 is 1.54 bits per heavy atom. The fraction of sp³-hybridized carbons (Fsp3) is 0.148. The SMILES string of the molecule is NC(N)=Nc1cccc(-c2ccc3c(c2)C(=O)N(CCC(=O)O)CC(=O)N3c2ccccc2)c1.O=C(O)C(F)(F)F. The summed E-state index contributed by atoms with van der Waals surface area (Å²) in [5, 5.41) is 16.2. The van der Waals surface area contributed by atoms with Gasteiger partial charge in [-0.1, -0.05) is 36.4 Å². The maximum atomic E-state index is 13.5. The van der Waals surface area contributed by atoms with E-state index in [4.69, 9.17) is 26.5 Å². The number of guanidine groups is 1. The maximum Gasteiger partial charge on any atom is 0.490 e. The van der Waals surface area contributed by atoms with Crippen molar-refractivity contribution in [1.82, 2.24) is 4.90 Å². The van der Waals surface area contributed by atoms with E-state index < -0.39 is 24.0 Å². The summed E-state index contributed by atoms with van der Waals surface area (Å²) in [7, 11) is 0. The van der Waals surface area contributed by atoms with Crippen LogP contribution in [0.15, 0.2) is 77.8 Å². The van der Waals surface area contributed by atoms with E-state index in [-0.39, 0.29) is 31.4 Å². The first-order valence-corrected chi connectivity index (χ1v) is 11.8. The van der Waals surface area contributed by atoms with Crippen molar-refractivity contribution in [3.8, 4) is 11.1 Å². The summed E-state index contributed by atoms with van der Waals surface area (Å²) in [5.74, 6) is -4.61. The number of carbonyl (C=O) groups excluding carboxylic acids is 2. The van der Waals surface area contributed by atoms with E-state index in [0.717, 1.165) is 11.1 Å². The van der Waals surface area contributed by atoms with Crippen LogP contribution in [0.3, 0.4) is 0 Å². The number of alkyl halides is 3. The molecule has 0 aromatic heterocycles. The summed E-state index contributed by atoms with van der Waals surface area (Å²) in [6, 6.07) is 21.4. The third-order valence-electron chi connectivity index (χ3n) is 5.62. The molecule has 11 nitrogen and oxygen atoms in total. The summed E-state index contributed by atoms with van der Waals surface area (Å²) in [5.41, 5.74) is 14.4. The van der Waals surface area contributed by atoms with Gasteiger partial charge in [-0.15, -0.1) is 0 Å². The second-order valence-electron chi connectivity index (χ2n) is 8.56. The third kappa shape index (κ3) is 7.81. The van der Waals surface area contributed by atoms with Crippen molar-refractivity contribution < 1.29 is 42.6 Å². The molecule has 0 unspecified atom stereocenters. The van der Waals surface area contributed by atoms with Crippen LogP contribution in [-0.4, -0.2) is 64.1 Å². The largest absolute Gasteiger partial charge is 0.490 e. The van der Waals surface area contributed by atoms with E-state index >= 15 is 0 Å². The first-order valence-electron chi connectivity index (χ1n) is 11.8. The third-order valence-corrected chi connectivity index (χ3v) is 5.62. The lowest BCUT2D eigenvalue weighted by Gasteiger charge is -2.23. The molecule has 2 amide bonds. The molecule has 0 saturated heterocycles. The fourth-order valence-electron chi connectivity index (χ4n) is 3.87. The number of nitrogens with zero attached hydrogens (tertiary/aromatic N) is 3. The van der Waals surface area contributed by atoms with Crippen LogP contribution in [0.4, 0.5) is 30.2 Å². The van der Waals surface area contributed by atoms with Gasteiger partial charge in [0.25, 0.3) is 11.8 Å². The molecule has 214 valence electrons. The average Bonchev–Trinajstić information content (AvgIpc) is 3.01. The Morgan fingerprint density at radius 1 is 0.902 bits per heavy atom. The Balaban J connectivity index is 0.000000587. The minimum Gasteiger partial charge on any atom is -0.481 e. The summed E-state index contributed by atoms with van der Waals surface area (Å²) in [6.45, 7) is -0.308. The number of halogens is 3. The van der Waals surface area contributed by atoms with Crippen molar-refractivity contribution in [3.63, 3.8) is 0 Å². The molecule has 4 rings (SSSR count). The minimum atomic E-state index is -5.08. The number of rotatable bonds is 6. The summed E-state index contributed by atoms with van der Waals surface area (Å²) in [6.07, 6.45) is -5.35. The highest BCUT2D eigenvalue weighted by molar-refractivity contribution is 6.13. The van der Waals surface area contributed by atoms with Crippen LogP contribution < -0.4 is 16.4 Å². The molecule has 0 bridgehead atoms. The molecule has 1 aliphatic heterocycles. The number of amides is 2. The number of fused-ring (bicyclic) bond motifs is 1. The van der Waals surface area contributed by atoms with Crippen molar-refractivity contribution in [2.24, 2.45) is 16.5 Å². The molecule has 0 spiro atoms.